The smallest absolute Gasteiger partial charge is 0.323 e. The number of rotatable bonds is 4. The van der Waals surface area contributed by atoms with Crippen LogP contribution in [0.3, 0.4) is 0 Å². The van der Waals surface area contributed by atoms with Gasteiger partial charge in [0.25, 0.3) is 0 Å². The number of likely N-dealkylation sites (tertiary alicyclic amines) is 1. The fourth-order valence-corrected chi connectivity index (χ4v) is 1.76. The van der Waals surface area contributed by atoms with Gasteiger partial charge in [-0.1, -0.05) is 0 Å². The van der Waals surface area contributed by atoms with Gasteiger partial charge in [0.05, 0.1) is 13.7 Å². The first-order chi connectivity index (χ1) is 7.38. The van der Waals surface area contributed by atoms with Crippen molar-refractivity contribution in [1.29, 1.82) is 0 Å². The summed E-state index contributed by atoms with van der Waals surface area (Å²) in [6, 6.07) is -0.824. The van der Waals surface area contributed by atoms with Crippen molar-refractivity contribution in [3.05, 3.63) is 0 Å². The monoisotopic (exact) mass is 243 g/mol. The Morgan fingerprint density at radius 2 is 2.19 bits per heavy atom. The van der Waals surface area contributed by atoms with Crippen molar-refractivity contribution in [3.63, 3.8) is 0 Å². The maximum absolute atomic E-state index is 12.8. The topological polar surface area (TPSA) is 29.5 Å². The lowest BCUT2D eigenvalue weighted by Crippen LogP contribution is -2.46. The van der Waals surface area contributed by atoms with Crippen molar-refractivity contribution < 1.29 is 27.1 Å². The SMILES string of the molecule is COC(=O)C1CCCN1CC(F)(F)C(F)F. The molecule has 0 saturated carbocycles. The first-order valence-electron chi connectivity index (χ1n) is 4.86. The number of carbonyl (C=O) groups excluding carboxylic acids is 1. The molecule has 0 radical (unpaired) electrons. The highest BCUT2D eigenvalue weighted by Crippen LogP contribution is 2.28. The molecule has 0 spiro atoms. The summed E-state index contributed by atoms with van der Waals surface area (Å²) in [5, 5.41) is 0. The van der Waals surface area contributed by atoms with Gasteiger partial charge in [-0.15, -0.1) is 0 Å². The van der Waals surface area contributed by atoms with E-state index in [4.69, 9.17) is 0 Å². The van der Waals surface area contributed by atoms with Gasteiger partial charge >= 0.3 is 18.3 Å². The molecule has 1 unspecified atom stereocenters. The Labute approximate surface area is 90.3 Å². The van der Waals surface area contributed by atoms with E-state index >= 15 is 0 Å². The molecule has 1 atom stereocenters. The lowest BCUT2D eigenvalue weighted by Gasteiger charge is -2.26. The van der Waals surface area contributed by atoms with Crippen molar-refractivity contribution in [1.82, 2.24) is 4.90 Å². The van der Waals surface area contributed by atoms with Gasteiger partial charge in [-0.2, -0.15) is 8.78 Å². The highest BCUT2D eigenvalue weighted by molar-refractivity contribution is 5.75. The number of hydrogen-bond donors (Lipinski definition) is 0. The van der Waals surface area contributed by atoms with Crippen LogP contribution in [0.1, 0.15) is 12.8 Å². The third kappa shape index (κ3) is 2.84. The molecule has 3 nitrogen and oxygen atoms in total. The number of ether oxygens (including phenoxy) is 1. The van der Waals surface area contributed by atoms with Crippen LogP contribution in [-0.4, -0.2) is 49.5 Å². The predicted octanol–water partition coefficient (Wildman–Crippen LogP) is 1.52. The Hall–Kier alpha value is -0.850. The minimum atomic E-state index is -4.09. The fraction of sp³-hybridized carbons (Fsp3) is 0.889. The molecule has 1 rings (SSSR count). The second kappa shape index (κ2) is 4.99. The van der Waals surface area contributed by atoms with Crippen molar-refractivity contribution in [2.45, 2.75) is 31.2 Å². The number of alkyl halides is 4. The van der Waals surface area contributed by atoms with Crippen molar-refractivity contribution >= 4 is 5.97 Å². The number of hydrogen-bond acceptors (Lipinski definition) is 3. The van der Waals surface area contributed by atoms with Crippen LogP contribution in [0.4, 0.5) is 17.6 Å². The van der Waals surface area contributed by atoms with E-state index in [1.807, 2.05) is 0 Å². The van der Waals surface area contributed by atoms with E-state index in [2.05, 4.69) is 4.74 Å². The van der Waals surface area contributed by atoms with Crippen LogP contribution >= 0.6 is 0 Å². The largest absolute Gasteiger partial charge is 0.468 e. The number of esters is 1. The van der Waals surface area contributed by atoms with E-state index in [1.54, 1.807) is 0 Å². The Morgan fingerprint density at radius 3 is 2.69 bits per heavy atom. The average molecular weight is 243 g/mol. The zero-order valence-electron chi connectivity index (χ0n) is 8.76. The lowest BCUT2D eigenvalue weighted by atomic mass is 10.2. The summed E-state index contributed by atoms with van der Waals surface area (Å²) in [5.41, 5.74) is 0. The molecule has 0 aliphatic carbocycles. The highest BCUT2D eigenvalue weighted by Gasteiger charge is 2.45. The summed E-state index contributed by atoms with van der Waals surface area (Å²) in [7, 11) is 1.14. The normalized spacial score (nSPS) is 22.8. The van der Waals surface area contributed by atoms with Gasteiger partial charge in [-0.25, -0.2) is 8.78 Å². The average Bonchev–Trinajstić information content (AvgIpc) is 2.63. The Balaban J connectivity index is 2.63. The molecule has 0 bridgehead atoms. The summed E-state index contributed by atoms with van der Waals surface area (Å²) in [5.74, 6) is -4.74. The molecule has 0 aromatic heterocycles. The lowest BCUT2D eigenvalue weighted by molar-refractivity contribution is -0.157. The van der Waals surface area contributed by atoms with E-state index in [0.29, 0.717) is 12.8 Å². The predicted molar refractivity (Wildman–Crippen MR) is 47.6 cm³/mol. The van der Waals surface area contributed by atoms with Crippen LogP contribution in [0, 0.1) is 0 Å². The van der Waals surface area contributed by atoms with Gasteiger partial charge in [-0.3, -0.25) is 9.69 Å². The molecule has 0 N–H and O–H groups in total. The van der Waals surface area contributed by atoms with Crippen molar-refractivity contribution in [3.8, 4) is 0 Å². The molecule has 0 aromatic carbocycles. The number of nitrogens with zero attached hydrogens (tertiary/aromatic N) is 1. The molecule has 0 aromatic rings. The van der Waals surface area contributed by atoms with Gasteiger partial charge < -0.3 is 4.74 Å². The third-order valence-electron chi connectivity index (χ3n) is 2.57. The minimum absolute atomic E-state index is 0.210. The zero-order valence-corrected chi connectivity index (χ0v) is 8.76. The van der Waals surface area contributed by atoms with E-state index in [-0.39, 0.29) is 6.54 Å². The molecule has 1 aliphatic heterocycles. The van der Waals surface area contributed by atoms with E-state index in [1.165, 1.54) is 0 Å². The van der Waals surface area contributed by atoms with Crippen LogP contribution in [-0.2, 0) is 9.53 Å². The minimum Gasteiger partial charge on any atom is -0.468 e. The van der Waals surface area contributed by atoms with Crippen LogP contribution in [0.15, 0.2) is 0 Å². The second-order valence-electron chi connectivity index (χ2n) is 3.71. The molecule has 1 heterocycles. The molecule has 1 fully saturated rings. The number of methoxy groups -OCH3 is 1. The summed E-state index contributed by atoms with van der Waals surface area (Å²) < 4.78 is 54.0. The van der Waals surface area contributed by atoms with Crippen LogP contribution in [0.5, 0.6) is 0 Å². The molecule has 0 amide bonds. The van der Waals surface area contributed by atoms with Gasteiger partial charge in [0.15, 0.2) is 0 Å². The molecule has 1 aliphatic rings. The first-order valence-corrected chi connectivity index (χ1v) is 4.86. The number of halogens is 4. The van der Waals surface area contributed by atoms with Crippen LogP contribution in [0.2, 0.25) is 0 Å². The van der Waals surface area contributed by atoms with Crippen LogP contribution < -0.4 is 0 Å². The van der Waals surface area contributed by atoms with E-state index in [9.17, 15) is 22.4 Å². The molecular weight excluding hydrogens is 230 g/mol. The third-order valence-corrected chi connectivity index (χ3v) is 2.57. The molecule has 94 valence electrons. The highest BCUT2D eigenvalue weighted by atomic mass is 19.3. The summed E-state index contributed by atoms with van der Waals surface area (Å²) in [6.07, 6.45) is -2.82. The Bertz CT molecular complexity index is 260. The molecule has 7 heteroatoms. The molecule has 1 saturated heterocycles. The zero-order chi connectivity index (χ0) is 12.3. The van der Waals surface area contributed by atoms with Crippen LogP contribution in [0.25, 0.3) is 0 Å². The summed E-state index contributed by atoms with van der Waals surface area (Å²) >= 11 is 0. The standard InChI is InChI=1S/C9H13F4NO2/c1-16-7(15)6-3-2-4-14(6)5-9(12,13)8(10)11/h6,8H,2-5H2,1H3. The maximum atomic E-state index is 12.8. The number of carbonyl (C=O) groups is 1. The van der Waals surface area contributed by atoms with Gasteiger partial charge in [0.2, 0.25) is 0 Å². The van der Waals surface area contributed by atoms with Gasteiger partial charge in [-0.05, 0) is 19.4 Å². The van der Waals surface area contributed by atoms with Gasteiger partial charge in [0.1, 0.15) is 6.04 Å². The quantitative estimate of drug-likeness (QED) is 0.554. The fourth-order valence-electron chi connectivity index (χ4n) is 1.76. The van der Waals surface area contributed by atoms with Crippen molar-refractivity contribution in [2.24, 2.45) is 0 Å². The summed E-state index contributed by atoms with van der Waals surface area (Å²) in [6.45, 7) is -0.896. The summed E-state index contributed by atoms with van der Waals surface area (Å²) in [4.78, 5) is 12.2. The first kappa shape index (κ1) is 13.2. The Morgan fingerprint density at radius 1 is 1.56 bits per heavy atom. The van der Waals surface area contributed by atoms with E-state index < -0.39 is 30.9 Å². The molecule has 16 heavy (non-hydrogen) atoms. The Kier molecular flexibility index (Phi) is 4.12. The molecular formula is C9H13F4NO2. The van der Waals surface area contributed by atoms with Crippen molar-refractivity contribution in [2.75, 3.05) is 20.2 Å². The van der Waals surface area contributed by atoms with E-state index in [0.717, 1.165) is 12.0 Å². The maximum Gasteiger partial charge on any atom is 0.323 e. The van der Waals surface area contributed by atoms with Gasteiger partial charge in [0, 0.05) is 0 Å². The second-order valence-corrected chi connectivity index (χ2v) is 3.71.